The summed E-state index contributed by atoms with van der Waals surface area (Å²) in [7, 11) is -2.77. The second kappa shape index (κ2) is 5.62. The van der Waals surface area contributed by atoms with Crippen molar-refractivity contribution < 1.29 is 17.9 Å². The van der Waals surface area contributed by atoms with Crippen LogP contribution in [-0.4, -0.2) is 27.5 Å². The fourth-order valence-corrected chi connectivity index (χ4v) is 2.66. The second-order valence-corrected chi connectivity index (χ2v) is 5.16. The van der Waals surface area contributed by atoms with E-state index < -0.39 is 22.0 Å². The minimum Gasteiger partial charge on any atom is -0.468 e. The number of nitrogens with zero attached hydrogens (tertiary/aromatic N) is 1. The van der Waals surface area contributed by atoms with Crippen molar-refractivity contribution in [2.75, 3.05) is 7.11 Å². The lowest BCUT2D eigenvalue weighted by atomic mass is 10.2. The summed E-state index contributed by atoms with van der Waals surface area (Å²) in [5.74, 6) is -0.701. The van der Waals surface area contributed by atoms with Crippen LogP contribution in [0.5, 0.6) is 0 Å². The lowest BCUT2D eigenvalue weighted by Gasteiger charge is -2.12. The molecule has 1 aromatic carbocycles. The maximum absolute atomic E-state index is 12.0. The molecule has 7 heteroatoms. The summed E-state index contributed by atoms with van der Waals surface area (Å²) in [6, 6.07) is 6.50. The number of nitriles is 1. The molecule has 0 amide bonds. The number of nitrogens with one attached hydrogen (secondary N) is 1. The number of carbonyl (C=O) groups excluding carboxylic acids is 1. The summed E-state index contributed by atoms with van der Waals surface area (Å²) in [5, 5.41) is 8.84. The van der Waals surface area contributed by atoms with Crippen molar-refractivity contribution in [2.45, 2.75) is 17.9 Å². The largest absolute Gasteiger partial charge is 0.468 e. The van der Waals surface area contributed by atoms with Crippen LogP contribution in [0.15, 0.2) is 29.2 Å². The molecule has 0 saturated carbocycles. The molecule has 0 aliphatic heterocycles. The molecule has 0 aliphatic carbocycles. The Labute approximate surface area is 105 Å². The van der Waals surface area contributed by atoms with Gasteiger partial charge in [-0.1, -0.05) is 12.1 Å². The fraction of sp³-hybridized carbons (Fsp3) is 0.273. The molecule has 0 saturated heterocycles. The molecular weight excluding hydrogens is 256 g/mol. The zero-order chi connectivity index (χ0) is 13.8. The maximum atomic E-state index is 12.0. The minimum atomic E-state index is -3.93. The third kappa shape index (κ3) is 3.06. The molecule has 0 spiro atoms. The number of carbonyl (C=O) groups is 1. The van der Waals surface area contributed by atoms with E-state index in [9.17, 15) is 13.2 Å². The lowest BCUT2D eigenvalue weighted by molar-refractivity contribution is -0.142. The molecule has 1 atom stereocenters. The van der Waals surface area contributed by atoms with Crippen molar-refractivity contribution in [3.05, 3.63) is 29.8 Å². The van der Waals surface area contributed by atoms with Crippen LogP contribution in [0.3, 0.4) is 0 Å². The van der Waals surface area contributed by atoms with Gasteiger partial charge in [-0.15, -0.1) is 0 Å². The van der Waals surface area contributed by atoms with Gasteiger partial charge in [0.2, 0.25) is 10.0 Å². The Hall–Kier alpha value is -1.91. The third-order valence-electron chi connectivity index (χ3n) is 2.18. The Morgan fingerprint density at radius 1 is 1.44 bits per heavy atom. The van der Waals surface area contributed by atoms with Crippen LogP contribution < -0.4 is 4.72 Å². The first-order valence-corrected chi connectivity index (χ1v) is 6.50. The number of benzene rings is 1. The van der Waals surface area contributed by atoms with Crippen molar-refractivity contribution in [1.82, 2.24) is 4.72 Å². The highest BCUT2D eigenvalue weighted by atomic mass is 32.2. The molecule has 96 valence electrons. The lowest BCUT2D eigenvalue weighted by Crippen LogP contribution is -2.39. The van der Waals surface area contributed by atoms with E-state index >= 15 is 0 Å². The number of rotatable bonds is 4. The second-order valence-electron chi connectivity index (χ2n) is 3.47. The van der Waals surface area contributed by atoms with Crippen molar-refractivity contribution >= 4 is 16.0 Å². The van der Waals surface area contributed by atoms with Crippen LogP contribution in [0.2, 0.25) is 0 Å². The van der Waals surface area contributed by atoms with Crippen LogP contribution in [0.25, 0.3) is 0 Å². The zero-order valence-electron chi connectivity index (χ0n) is 9.88. The van der Waals surface area contributed by atoms with E-state index in [-0.39, 0.29) is 10.5 Å². The highest BCUT2D eigenvalue weighted by Gasteiger charge is 2.24. The first-order chi connectivity index (χ1) is 8.42. The van der Waals surface area contributed by atoms with Gasteiger partial charge in [0.1, 0.15) is 12.1 Å². The molecular formula is C11H12N2O4S. The molecule has 18 heavy (non-hydrogen) atoms. The van der Waals surface area contributed by atoms with E-state index in [0.29, 0.717) is 0 Å². The van der Waals surface area contributed by atoms with Gasteiger partial charge in [-0.25, -0.2) is 8.42 Å². The SMILES string of the molecule is COC(=O)C(C)NS(=O)(=O)c1ccccc1C#N. The average Bonchev–Trinajstić information content (AvgIpc) is 2.37. The van der Waals surface area contributed by atoms with E-state index in [0.717, 1.165) is 7.11 Å². The Bertz CT molecular complexity index is 589. The zero-order valence-corrected chi connectivity index (χ0v) is 10.7. The van der Waals surface area contributed by atoms with Gasteiger partial charge < -0.3 is 4.74 Å². The Morgan fingerprint density at radius 2 is 2.06 bits per heavy atom. The normalized spacial score (nSPS) is 12.5. The molecule has 1 N–H and O–H groups in total. The summed E-state index contributed by atoms with van der Waals surface area (Å²) in [5.41, 5.74) is 0.0158. The van der Waals surface area contributed by atoms with Gasteiger partial charge >= 0.3 is 5.97 Å². The Kier molecular flexibility index (Phi) is 4.42. The first-order valence-electron chi connectivity index (χ1n) is 5.01. The highest BCUT2D eigenvalue weighted by Crippen LogP contribution is 2.14. The summed E-state index contributed by atoms with van der Waals surface area (Å²) < 4.78 is 30.5. The molecule has 0 aliphatic rings. The summed E-state index contributed by atoms with van der Waals surface area (Å²) in [4.78, 5) is 11.0. The first kappa shape index (κ1) is 14.2. The van der Waals surface area contributed by atoms with Gasteiger partial charge in [0.05, 0.1) is 17.6 Å². The number of ether oxygens (including phenoxy) is 1. The Morgan fingerprint density at radius 3 is 2.61 bits per heavy atom. The summed E-state index contributed by atoms with van der Waals surface area (Å²) in [6.07, 6.45) is 0. The molecule has 0 heterocycles. The van der Waals surface area contributed by atoms with Crippen molar-refractivity contribution in [1.29, 1.82) is 5.26 Å². The van der Waals surface area contributed by atoms with E-state index in [1.54, 1.807) is 12.1 Å². The number of methoxy groups -OCH3 is 1. The van der Waals surface area contributed by atoms with Gasteiger partial charge in [0.15, 0.2) is 0 Å². The molecule has 0 fully saturated rings. The smallest absolute Gasteiger partial charge is 0.323 e. The number of sulfonamides is 1. The van der Waals surface area contributed by atoms with E-state index in [1.165, 1.54) is 25.1 Å². The van der Waals surface area contributed by atoms with Crippen LogP contribution in [0, 0.1) is 11.3 Å². The number of hydrogen-bond donors (Lipinski definition) is 1. The van der Waals surface area contributed by atoms with Crippen LogP contribution in [0.1, 0.15) is 12.5 Å². The molecule has 1 aromatic rings. The highest BCUT2D eigenvalue weighted by molar-refractivity contribution is 7.89. The third-order valence-corrected chi connectivity index (χ3v) is 3.78. The molecule has 0 radical (unpaired) electrons. The standard InChI is InChI=1S/C11H12N2O4S/c1-8(11(14)17-2)13-18(15,16)10-6-4-3-5-9(10)7-12/h3-6,8,13H,1-2H3. The predicted molar refractivity (Wildman–Crippen MR) is 63.0 cm³/mol. The number of hydrogen-bond acceptors (Lipinski definition) is 5. The fourth-order valence-electron chi connectivity index (χ4n) is 1.31. The van der Waals surface area contributed by atoms with Crippen molar-refractivity contribution in [2.24, 2.45) is 0 Å². The van der Waals surface area contributed by atoms with Crippen molar-refractivity contribution in [3.8, 4) is 6.07 Å². The van der Waals surface area contributed by atoms with Crippen LogP contribution in [0.4, 0.5) is 0 Å². The molecule has 1 unspecified atom stereocenters. The van der Waals surface area contributed by atoms with Crippen molar-refractivity contribution in [3.63, 3.8) is 0 Å². The van der Waals surface area contributed by atoms with Crippen LogP contribution in [-0.2, 0) is 19.6 Å². The van der Waals surface area contributed by atoms with Gasteiger partial charge in [-0.2, -0.15) is 9.98 Å². The quantitative estimate of drug-likeness (QED) is 0.797. The van der Waals surface area contributed by atoms with Crippen LogP contribution >= 0.6 is 0 Å². The maximum Gasteiger partial charge on any atom is 0.323 e. The average molecular weight is 268 g/mol. The molecule has 0 bridgehead atoms. The van der Waals surface area contributed by atoms with E-state index in [2.05, 4.69) is 9.46 Å². The number of esters is 1. The molecule has 6 nitrogen and oxygen atoms in total. The topological polar surface area (TPSA) is 96.3 Å². The van der Waals surface area contributed by atoms with E-state index in [1.807, 2.05) is 0 Å². The monoisotopic (exact) mass is 268 g/mol. The summed E-state index contributed by atoms with van der Waals surface area (Å²) >= 11 is 0. The van der Waals surface area contributed by atoms with Gasteiger partial charge in [0.25, 0.3) is 0 Å². The van der Waals surface area contributed by atoms with Gasteiger partial charge in [-0.3, -0.25) is 4.79 Å². The molecule has 0 aromatic heterocycles. The predicted octanol–water partition coefficient (Wildman–Crippen LogP) is 0.398. The Balaban J connectivity index is 3.08. The van der Waals surface area contributed by atoms with Gasteiger partial charge in [-0.05, 0) is 19.1 Å². The molecule has 1 rings (SSSR count). The minimum absolute atomic E-state index is 0.0158. The summed E-state index contributed by atoms with van der Waals surface area (Å²) in [6.45, 7) is 1.36. The van der Waals surface area contributed by atoms with Gasteiger partial charge in [0, 0.05) is 0 Å². The van der Waals surface area contributed by atoms with E-state index in [4.69, 9.17) is 5.26 Å².